The maximum Gasteiger partial charge on any atom is 0.253 e. The zero-order chi connectivity index (χ0) is 20.4. The quantitative estimate of drug-likeness (QED) is 0.678. The Labute approximate surface area is 182 Å². The molecule has 1 amide bonds. The fraction of sp³-hybridized carbons (Fsp3) is 0.474. The number of benzene rings is 1. The molecule has 4 rings (SSSR count). The minimum atomic E-state index is -3.55. The maximum atomic E-state index is 12.8. The molecular formula is C19H26ClN5O4S. The normalized spacial score (nSPS) is 18.2. The summed E-state index contributed by atoms with van der Waals surface area (Å²) >= 11 is 0. The van der Waals surface area contributed by atoms with Crippen LogP contribution in [0.5, 0.6) is 0 Å². The molecule has 1 aromatic carbocycles. The van der Waals surface area contributed by atoms with Crippen molar-refractivity contribution in [2.45, 2.75) is 4.90 Å². The number of hydrogen-bond donors (Lipinski definition) is 0. The molecule has 0 aliphatic carbocycles. The van der Waals surface area contributed by atoms with Crippen molar-refractivity contribution >= 4 is 34.3 Å². The number of imidazole rings is 1. The molecule has 2 aromatic rings. The fourth-order valence-corrected chi connectivity index (χ4v) is 5.07. The lowest BCUT2D eigenvalue weighted by Gasteiger charge is -2.35. The topological polar surface area (TPSA) is 88.0 Å². The Kier molecular flexibility index (Phi) is 7.02. The fourth-order valence-electron chi connectivity index (χ4n) is 3.66. The summed E-state index contributed by atoms with van der Waals surface area (Å²) in [6.07, 6.45) is 3.67. The number of sulfonamides is 1. The third-order valence-electron chi connectivity index (χ3n) is 5.35. The average molecular weight is 456 g/mol. The molecule has 0 unspecified atom stereocenters. The van der Waals surface area contributed by atoms with Crippen LogP contribution in [0.1, 0.15) is 10.4 Å². The summed E-state index contributed by atoms with van der Waals surface area (Å²) in [5.41, 5.74) is 0.497. The van der Waals surface area contributed by atoms with Crippen molar-refractivity contribution in [3.63, 3.8) is 0 Å². The number of carbonyl (C=O) groups is 1. The summed E-state index contributed by atoms with van der Waals surface area (Å²) in [6, 6.07) is 6.23. The SMILES string of the molecule is Cl.Cn1ccnc1N1CCN(C(=O)c2ccc(S(=O)(=O)N3CCOCC3)cc2)CC1. The smallest absolute Gasteiger partial charge is 0.253 e. The predicted octanol–water partition coefficient (Wildman–Crippen LogP) is 0.825. The maximum absolute atomic E-state index is 12.8. The van der Waals surface area contributed by atoms with Gasteiger partial charge in [-0.1, -0.05) is 0 Å². The van der Waals surface area contributed by atoms with E-state index in [1.54, 1.807) is 23.2 Å². The van der Waals surface area contributed by atoms with Crippen LogP contribution in [-0.4, -0.2) is 85.6 Å². The van der Waals surface area contributed by atoms with Gasteiger partial charge in [-0.3, -0.25) is 4.79 Å². The van der Waals surface area contributed by atoms with Gasteiger partial charge in [0.1, 0.15) is 0 Å². The standard InChI is InChI=1S/C19H25N5O4S.ClH/c1-21-7-6-20-19(21)23-10-8-22(9-11-23)18(25)16-2-4-17(5-3-16)29(26,27)24-12-14-28-15-13-24;/h2-7H,8-15H2,1H3;1H. The number of amides is 1. The van der Waals surface area contributed by atoms with E-state index in [4.69, 9.17) is 4.74 Å². The van der Waals surface area contributed by atoms with Gasteiger partial charge in [0.25, 0.3) is 5.91 Å². The average Bonchev–Trinajstić information content (AvgIpc) is 3.20. The van der Waals surface area contributed by atoms with Crippen LogP contribution in [0.2, 0.25) is 0 Å². The largest absolute Gasteiger partial charge is 0.379 e. The van der Waals surface area contributed by atoms with Gasteiger partial charge < -0.3 is 19.1 Å². The Morgan fingerprint density at radius 2 is 1.63 bits per heavy atom. The first-order valence-corrected chi connectivity index (χ1v) is 11.1. The van der Waals surface area contributed by atoms with Gasteiger partial charge in [-0.05, 0) is 24.3 Å². The lowest BCUT2D eigenvalue weighted by Crippen LogP contribution is -2.49. The van der Waals surface area contributed by atoms with E-state index in [1.807, 2.05) is 17.8 Å². The number of morpholine rings is 1. The van der Waals surface area contributed by atoms with E-state index < -0.39 is 10.0 Å². The molecule has 3 heterocycles. The van der Waals surface area contributed by atoms with Gasteiger partial charge in [0.05, 0.1) is 18.1 Å². The summed E-state index contributed by atoms with van der Waals surface area (Å²) < 4.78 is 34.0. The molecule has 0 radical (unpaired) electrons. The van der Waals surface area contributed by atoms with Crippen molar-refractivity contribution in [1.29, 1.82) is 0 Å². The van der Waals surface area contributed by atoms with Gasteiger partial charge in [0, 0.05) is 64.3 Å². The van der Waals surface area contributed by atoms with E-state index in [2.05, 4.69) is 9.88 Å². The van der Waals surface area contributed by atoms with Gasteiger partial charge in [-0.2, -0.15) is 4.31 Å². The molecule has 11 heteroatoms. The Morgan fingerprint density at radius 1 is 1.00 bits per heavy atom. The highest BCUT2D eigenvalue weighted by molar-refractivity contribution is 7.89. The number of piperazine rings is 1. The van der Waals surface area contributed by atoms with Gasteiger partial charge in [0.15, 0.2) is 0 Å². The van der Waals surface area contributed by atoms with Gasteiger partial charge in [-0.25, -0.2) is 13.4 Å². The molecule has 2 saturated heterocycles. The minimum Gasteiger partial charge on any atom is -0.379 e. The van der Waals surface area contributed by atoms with E-state index in [-0.39, 0.29) is 23.2 Å². The first kappa shape index (κ1) is 22.5. The molecule has 1 aromatic heterocycles. The number of aryl methyl sites for hydroxylation is 1. The predicted molar refractivity (Wildman–Crippen MR) is 115 cm³/mol. The summed E-state index contributed by atoms with van der Waals surface area (Å²) in [7, 11) is -1.60. The molecule has 0 bridgehead atoms. The Balaban J connectivity index is 0.00000256. The van der Waals surface area contributed by atoms with Crippen molar-refractivity contribution in [3.05, 3.63) is 42.2 Å². The number of aromatic nitrogens is 2. The van der Waals surface area contributed by atoms with E-state index in [9.17, 15) is 13.2 Å². The van der Waals surface area contributed by atoms with E-state index in [1.165, 1.54) is 16.4 Å². The summed E-state index contributed by atoms with van der Waals surface area (Å²) in [4.78, 5) is 21.3. The molecular weight excluding hydrogens is 430 g/mol. The minimum absolute atomic E-state index is 0. The third kappa shape index (κ3) is 4.46. The zero-order valence-corrected chi connectivity index (χ0v) is 18.4. The molecule has 164 valence electrons. The van der Waals surface area contributed by atoms with Crippen molar-refractivity contribution in [2.24, 2.45) is 7.05 Å². The number of anilines is 1. The second-order valence-corrected chi connectivity index (χ2v) is 9.10. The van der Waals surface area contributed by atoms with Crippen LogP contribution in [0.15, 0.2) is 41.6 Å². The number of carbonyl (C=O) groups excluding carboxylic acids is 1. The highest BCUT2D eigenvalue weighted by Crippen LogP contribution is 2.19. The summed E-state index contributed by atoms with van der Waals surface area (Å²) in [5, 5.41) is 0. The van der Waals surface area contributed by atoms with Gasteiger partial charge >= 0.3 is 0 Å². The summed E-state index contributed by atoms with van der Waals surface area (Å²) in [5.74, 6) is 0.814. The highest BCUT2D eigenvalue weighted by atomic mass is 35.5. The first-order chi connectivity index (χ1) is 14.0. The van der Waals surface area contributed by atoms with Crippen LogP contribution < -0.4 is 4.90 Å². The number of rotatable bonds is 4. The molecule has 2 fully saturated rings. The summed E-state index contributed by atoms with van der Waals surface area (Å²) in [6.45, 7) is 4.12. The molecule has 2 aliphatic rings. The molecule has 9 nitrogen and oxygen atoms in total. The van der Waals surface area contributed by atoms with Crippen molar-refractivity contribution in [2.75, 3.05) is 57.4 Å². The Hall–Kier alpha value is -2.14. The monoisotopic (exact) mass is 455 g/mol. The van der Waals surface area contributed by atoms with Crippen LogP contribution in [0.3, 0.4) is 0 Å². The van der Waals surface area contributed by atoms with Crippen molar-refractivity contribution in [3.8, 4) is 0 Å². The van der Waals surface area contributed by atoms with Crippen LogP contribution in [0.25, 0.3) is 0 Å². The van der Waals surface area contributed by atoms with Gasteiger partial charge in [-0.15, -0.1) is 12.4 Å². The van der Waals surface area contributed by atoms with Crippen LogP contribution in [0.4, 0.5) is 5.95 Å². The second kappa shape index (κ2) is 9.34. The molecule has 0 saturated carbocycles. The molecule has 2 aliphatic heterocycles. The number of nitrogens with zero attached hydrogens (tertiary/aromatic N) is 5. The number of hydrogen-bond acceptors (Lipinski definition) is 6. The van der Waals surface area contributed by atoms with E-state index in [0.717, 1.165) is 5.95 Å². The second-order valence-electron chi connectivity index (χ2n) is 7.16. The van der Waals surface area contributed by atoms with Crippen LogP contribution in [0, 0.1) is 0 Å². The van der Waals surface area contributed by atoms with Crippen LogP contribution in [-0.2, 0) is 21.8 Å². The third-order valence-corrected chi connectivity index (χ3v) is 7.27. The Morgan fingerprint density at radius 3 is 2.20 bits per heavy atom. The lowest BCUT2D eigenvalue weighted by atomic mass is 10.2. The molecule has 0 spiro atoms. The first-order valence-electron chi connectivity index (χ1n) is 9.66. The number of ether oxygens (including phenoxy) is 1. The number of halogens is 1. The zero-order valence-electron chi connectivity index (χ0n) is 16.8. The van der Waals surface area contributed by atoms with Crippen molar-refractivity contribution in [1.82, 2.24) is 18.8 Å². The molecule has 30 heavy (non-hydrogen) atoms. The Bertz CT molecular complexity index is 965. The highest BCUT2D eigenvalue weighted by Gasteiger charge is 2.27. The van der Waals surface area contributed by atoms with Crippen molar-refractivity contribution < 1.29 is 17.9 Å². The molecule has 0 N–H and O–H groups in total. The lowest BCUT2D eigenvalue weighted by molar-refractivity contribution is 0.0730. The molecule has 0 atom stereocenters. The van der Waals surface area contributed by atoms with Crippen LogP contribution >= 0.6 is 12.4 Å². The van der Waals surface area contributed by atoms with Gasteiger partial charge in [0.2, 0.25) is 16.0 Å². The van der Waals surface area contributed by atoms with E-state index >= 15 is 0 Å². The van der Waals surface area contributed by atoms with E-state index in [0.29, 0.717) is 58.0 Å².